The third-order valence-electron chi connectivity index (χ3n) is 1.80. The number of rotatable bonds is 3. The van der Waals surface area contributed by atoms with Crippen LogP contribution in [0.1, 0.15) is 12.8 Å². The second-order valence-electron chi connectivity index (χ2n) is 2.96. The molecule has 2 rings (SSSR count). The van der Waals surface area contributed by atoms with Gasteiger partial charge in [-0.05, 0) is 53.8 Å². The second-order valence-corrected chi connectivity index (χ2v) is 4.86. The van der Waals surface area contributed by atoms with Crippen molar-refractivity contribution in [1.82, 2.24) is 4.98 Å². The Hall–Kier alpha value is 0.0300. The largest absolute Gasteiger partial charge is 0.488 e. The van der Waals surface area contributed by atoms with Gasteiger partial charge in [0.15, 0.2) is 5.75 Å². The van der Waals surface area contributed by atoms with Crippen LogP contribution in [0.3, 0.4) is 0 Å². The Labute approximate surface area is 95.6 Å². The molecule has 0 aromatic carbocycles. The monoisotopic (exact) mass is 307 g/mol. The van der Waals surface area contributed by atoms with Gasteiger partial charge in [-0.25, -0.2) is 4.98 Å². The van der Waals surface area contributed by atoms with Crippen molar-refractivity contribution in [2.45, 2.75) is 24.0 Å². The highest BCUT2D eigenvalue weighted by Crippen LogP contribution is 2.32. The predicted molar refractivity (Wildman–Crippen MR) is 62.4 cm³/mol. The maximum absolute atomic E-state index is 5.72. The summed E-state index contributed by atoms with van der Waals surface area (Å²) in [5.41, 5.74) is 0. The molecule has 1 aromatic rings. The minimum absolute atomic E-state index is 0.452. The van der Waals surface area contributed by atoms with Gasteiger partial charge < -0.3 is 4.74 Å². The molecule has 1 aliphatic carbocycles. The molecule has 2 nitrogen and oxygen atoms in total. The summed E-state index contributed by atoms with van der Waals surface area (Å²) in [7, 11) is 0. The van der Waals surface area contributed by atoms with Crippen LogP contribution in [0.25, 0.3) is 0 Å². The van der Waals surface area contributed by atoms with Gasteiger partial charge >= 0.3 is 0 Å². The van der Waals surface area contributed by atoms with Crippen LogP contribution in [-0.4, -0.2) is 17.3 Å². The Morgan fingerprint density at radius 2 is 2.31 bits per heavy atom. The summed E-state index contributed by atoms with van der Waals surface area (Å²) >= 11 is 3.85. The molecule has 0 aliphatic heterocycles. The fraction of sp³-hybridized carbons (Fsp3) is 0.444. The highest BCUT2D eigenvalue weighted by atomic mass is 127. The van der Waals surface area contributed by atoms with Crippen LogP contribution in [0, 0.1) is 3.70 Å². The Kier molecular flexibility index (Phi) is 2.98. The van der Waals surface area contributed by atoms with Crippen LogP contribution >= 0.6 is 34.4 Å². The molecule has 70 valence electrons. The van der Waals surface area contributed by atoms with Gasteiger partial charge in [-0.1, -0.05) is 0 Å². The van der Waals surface area contributed by atoms with Crippen LogP contribution in [0.4, 0.5) is 0 Å². The van der Waals surface area contributed by atoms with Gasteiger partial charge in [0.1, 0.15) is 8.73 Å². The molecule has 0 spiro atoms. The van der Waals surface area contributed by atoms with Crippen molar-refractivity contribution in [3.8, 4) is 5.75 Å². The molecule has 1 aromatic heterocycles. The molecule has 0 bridgehead atoms. The van der Waals surface area contributed by atoms with Crippen molar-refractivity contribution in [3.63, 3.8) is 0 Å². The van der Waals surface area contributed by atoms with Crippen LogP contribution < -0.4 is 4.74 Å². The second kappa shape index (κ2) is 4.04. The number of aromatic nitrogens is 1. The van der Waals surface area contributed by atoms with E-state index in [9.17, 15) is 0 Å². The van der Waals surface area contributed by atoms with E-state index in [2.05, 4.69) is 27.6 Å². The van der Waals surface area contributed by atoms with E-state index in [1.807, 2.05) is 18.4 Å². The third kappa shape index (κ3) is 2.49. The number of thioether (sulfide) groups is 1. The van der Waals surface area contributed by atoms with Gasteiger partial charge in [-0.2, -0.15) is 0 Å². The SMILES string of the molecule is CSc1nc(I)ccc1OC1CC1. The van der Waals surface area contributed by atoms with E-state index in [4.69, 9.17) is 4.74 Å². The Morgan fingerprint density at radius 1 is 1.54 bits per heavy atom. The molecule has 0 unspecified atom stereocenters. The quantitative estimate of drug-likeness (QED) is 0.487. The van der Waals surface area contributed by atoms with E-state index in [1.165, 1.54) is 12.8 Å². The molecule has 0 atom stereocenters. The first kappa shape index (κ1) is 9.58. The topological polar surface area (TPSA) is 22.1 Å². The fourth-order valence-corrected chi connectivity index (χ4v) is 2.10. The predicted octanol–water partition coefficient (Wildman–Crippen LogP) is 2.95. The van der Waals surface area contributed by atoms with E-state index in [-0.39, 0.29) is 0 Å². The van der Waals surface area contributed by atoms with Crippen molar-refractivity contribution in [2.75, 3.05) is 6.26 Å². The molecule has 1 fully saturated rings. The molecule has 0 saturated heterocycles. The van der Waals surface area contributed by atoms with Crippen LogP contribution in [0.2, 0.25) is 0 Å². The summed E-state index contributed by atoms with van der Waals surface area (Å²) in [5, 5.41) is 0.999. The van der Waals surface area contributed by atoms with E-state index in [0.29, 0.717) is 6.10 Å². The molecule has 0 amide bonds. The van der Waals surface area contributed by atoms with E-state index < -0.39 is 0 Å². The van der Waals surface area contributed by atoms with Crippen molar-refractivity contribution in [2.24, 2.45) is 0 Å². The zero-order chi connectivity index (χ0) is 9.26. The zero-order valence-corrected chi connectivity index (χ0v) is 10.3. The molecule has 0 N–H and O–H groups in total. The molecule has 1 saturated carbocycles. The van der Waals surface area contributed by atoms with E-state index in [0.717, 1.165) is 14.5 Å². The summed E-state index contributed by atoms with van der Waals surface area (Å²) in [6.45, 7) is 0. The molecule has 0 radical (unpaired) electrons. The van der Waals surface area contributed by atoms with Gasteiger partial charge in [-0.15, -0.1) is 11.8 Å². The third-order valence-corrected chi connectivity index (χ3v) is 3.08. The van der Waals surface area contributed by atoms with E-state index >= 15 is 0 Å². The molecule has 1 aliphatic rings. The molecular formula is C9H10INOS. The summed E-state index contributed by atoms with van der Waals surface area (Å²) in [6.07, 6.45) is 4.87. The number of hydrogen-bond donors (Lipinski definition) is 0. The molecule has 1 heterocycles. The van der Waals surface area contributed by atoms with Crippen molar-refractivity contribution in [1.29, 1.82) is 0 Å². The van der Waals surface area contributed by atoms with Crippen LogP contribution in [0.5, 0.6) is 5.75 Å². The van der Waals surface area contributed by atoms with Gasteiger partial charge in [0.25, 0.3) is 0 Å². The summed E-state index contributed by atoms with van der Waals surface area (Å²) < 4.78 is 6.73. The number of halogens is 1. The molecular weight excluding hydrogens is 297 g/mol. The minimum atomic E-state index is 0.452. The first-order valence-electron chi connectivity index (χ1n) is 4.17. The number of nitrogens with zero attached hydrogens (tertiary/aromatic N) is 1. The van der Waals surface area contributed by atoms with Gasteiger partial charge in [0, 0.05) is 0 Å². The molecule has 13 heavy (non-hydrogen) atoms. The lowest BCUT2D eigenvalue weighted by atomic mass is 10.5. The van der Waals surface area contributed by atoms with Crippen LogP contribution in [-0.2, 0) is 0 Å². The van der Waals surface area contributed by atoms with Gasteiger partial charge in [0.2, 0.25) is 0 Å². The van der Waals surface area contributed by atoms with Crippen LogP contribution in [0.15, 0.2) is 17.2 Å². The highest BCUT2D eigenvalue weighted by molar-refractivity contribution is 14.1. The molecule has 4 heteroatoms. The maximum atomic E-state index is 5.72. The number of hydrogen-bond acceptors (Lipinski definition) is 3. The smallest absolute Gasteiger partial charge is 0.151 e. The number of ether oxygens (including phenoxy) is 1. The van der Waals surface area contributed by atoms with Gasteiger partial charge in [0.05, 0.1) is 6.10 Å². The van der Waals surface area contributed by atoms with Crippen molar-refractivity contribution in [3.05, 3.63) is 15.8 Å². The standard InChI is InChI=1S/C9H10INOS/c1-13-9-7(12-6-2-3-6)4-5-8(10)11-9/h4-6H,2-3H2,1H3. The average Bonchev–Trinajstić information content (AvgIpc) is 2.92. The summed E-state index contributed by atoms with van der Waals surface area (Å²) in [5.74, 6) is 0.940. The Balaban J connectivity index is 2.21. The van der Waals surface area contributed by atoms with Crippen molar-refractivity contribution < 1.29 is 4.74 Å². The maximum Gasteiger partial charge on any atom is 0.151 e. The zero-order valence-electron chi connectivity index (χ0n) is 7.29. The highest BCUT2D eigenvalue weighted by Gasteiger charge is 2.24. The number of pyridine rings is 1. The van der Waals surface area contributed by atoms with E-state index in [1.54, 1.807) is 11.8 Å². The fourth-order valence-electron chi connectivity index (χ4n) is 1.01. The summed E-state index contributed by atoms with van der Waals surface area (Å²) in [4.78, 5) is 4.40. The Morgan fingerprint density at radius 3 is 2.92 bits per heavy atom. The van der Waals surface area contributed by atoms with Gasteiger partial charge in [-0.3, -0.25) is 0 Å². The lowest BCUT2D eigenvalue weighted by Crippen LogP contribution is -1.99. The first-order chi connectivity index (χ1) is 6.29. The lowest BCUT2D eigenvalue weighted by molar-refractivity contribution is 0.293. The van der Waals surface area contributed by atoms with Crippen molar-refractivity contribution >= 4 is 34.4 Å². The minimum Gasteiger partial charge on any atom is -0.488 e. The lowest BCUT2D eigenvalue weighted by Gasteiger charge is -2.07. The normalized spacial score (nSPS) is 15.8. The summed E-state index contributed by atoms with van der Waals surface area (Å²) in [6, 6.07) is 4.00. The Bertz CT molecular complexity index is 314. The first-order valence-corrected chi connectivity index (χ1v) is 6.47. The average molecular weight is 307 g/mol.